The normalized spacial score (nSPS) is 14.2. The first kappa shape index (κ1) is 29.1. The fraction of sp³-hybridized carbons (Fsp3) is 0.250. The number of carbonyl (C=O) groups excluding carboxylic acids is 4. The molecule has 1 aliphatic rings. The summed E-state index contributed by atoms with van der Waals surface area (Å²) in [5, 5.41) is 5.09. The molecule has 2 N–H and O–H groups in total. The molecule has 0 unspecified atom stereocenters. The van der Waals surface area contributed by atoms with Crippen LogP contribution in [0.4, 0.5) is 11.4 Å². The summed E-state index contributed by atoms with van der Waals surface area (Å²) in [4.78, 5) is 52.3. The molecule has 3 amide bonds. The van der Waals surface area contributed by atoms with E-state index in [1.807, 2.05) is 44.2 Å². The molecule has 0 bridgehead atoms. The maximum Gasteiger partial charge on any atom is 0.340 e. The number of ether oxygens (including phenoxy) is 1. The molecule has 4 rings (SSSR count). The maximum atomic E-state index is 13.5. The van der Waals surface area contributed by atoms with Gasteiger partial charge in [-0.15, -0.1) is 0 Å². The molecule has 0 saturated heterocycles. The fourth-order valence-electron chi connectivity index (χ4n) is 4.46. The third kappa shape index (κ3) is 6.30. The SMILES string of the molecule is COC(=O)C1=C(C)N(c2ccc(C(C)C)cc2)C(=O)/C1=C/c1ccc(CNC(=O)C(=O)Nc2ccc(C)c(C)c2)o1. The van der Waals surface area contributed by atoms with Gasteiger partial charge in [-0.05, 0) is 85.9 Å². The van der Waals surface area contributed by atoms with Crippen LogP contribution in [0, 0.1) is 13.8 Å². The molecule has 3 aromatic rings. The molecule has 1 aromatic heterocycles. The number of hydrogen-bond acceptors (Lipinski definition) is 6. The highest BCUT2D eigenvalue weighted by molar-refractivity contribution is 6.39. The van der Waals surface area contributed by atoms with Gasteiger partial charge in [-0.2, -0.15) is 0 Å². The number of anilines is 2. The van der Waals surface area contributed by atoms with Gasteiger partial charge < -0.3 is 19.8 Å². The lowest BCUT2D eigenvalue weighted by Gasteiger charge is -2.18. The van der Waals surface area contributed by atoms with E-state index in [0.717, 1.165) is 16.7 Å². The van der Waals surface area contributed by atoms with Crippen molar-refractivity contribution in [1.82, 2.24) is 5.32 Å². The van der Waals surface area contributed by atoms with E-state index in [1.165, 1.54) is 18.1 Å². The van der Waals surface area contributed by atoms with Crippen molar-refractivity contribution >= 4 is 41.1 Å². The van der Waals surface area contributed by atoms with Gasteiger partial charge in [0.15, 0.2) is 0 Å². The van der Waals surface area contributed by atoms with E-state index in [1.54, 1.807) is 31.2 Å². The molecule has 9 heteroatoms. The lowest BCUT2D eigenvalue weighted by molar-refractivity contribution is -0.136. The van der Waals surface area contributed by atoms with E-state index in [2.05, 4.69) is 24.5 Å². The number of furan rings is 1. The van der Waals surface area contributed by atoms with Gasteiger partial charge in [0.2, 0.25) is 0 Å². The van der Waals surface area contributed by atoms with Gasteiger partial charge in [0, 0.05) is 17.1 Å². The number of nitrogens with one attached hydrogen (secondary N) is 2. The van der Waals surface area contributed by atoms with Crippen molar-refractivity contribution in [3.63, 3.8) is 0 Å². The number of methoxy groups -OCH3 is 1. The smallest absolute Gasteiger partial charge is 0.340 e. The summed E-state index contributed by atoms with van der Waals surface area (Å²) in [7, 11) is 1.26. The van der Waals surface area contributed by atoms with Gasteiger partial charge in [-0.3, -0.25) is 19.3 Å². The van der Waals surface area contributed by atoms with Crippen molar-refractivity contribution in [3.8, 4) is 0 Å². The van der Waals surface area contributed by atoms with Crippen LogP contribution in [0.5, 0.6) is 0 Å². The Balaban J connectivity index is 1.49. The molecule has 0 saturated carbocycles. The molecule has 9 nitrogen and oxygen atoms in total. The third-order valence-corrected chi connectivity index (χ3v) is 6.97. The van der Waals surface area contributed by atoms with Crippen molar-refractivity contribution in [2.75, 3.05) is 17.3 Å². The summed E-state index contributed by atoms with van der Waals surface area (Å²) in [5.74, 6) is -1.67. The zero-order chi connectivity index (χ0) is 29.8. The first-order valence-electron chi connectivity index (χ1n) is 13.2. The minimum Gasteiger partial charge on any atom is -0.465 e. The lowest BCUT2D eigenvalue weighted by atomic mass is 10.0. The molecule has 41 heavy (non-hydrogen) atoms. The largest absolute Gasteiger partial charge is 0.465 e. The number of hydrogen-bond donors (Lipinski definition) is 2. The van der Waals surface area contributed by atoms with Gasteiger partial charge >= 0.3 is 17.8 Å². The number of carbonyl (C=O) groups is 4. The second kappa shape index (κ2) is 12.1. The topological polar surface area (TPSA) is 118 Å². The molecular weight excluding hydrogens is 522 g/mol. The highest BCUT2D eigenvalue weighted by Gasteiger charge is 2.38. The number of esters is 1. The summed E-state index contributed by atoms with van der Waals surface area (Å²) in [6.07, 6.45) is 1.47. The van der Waals surface area contributed by atoms with Crippen LogP contribution in [0.1, 0.15) is 54.9 Å². The Kier molecular flexibility index (Phi) is 8.56. The number of amides is 3. The fourth-order valence-corrected chi connectivity index (χ4v) is 4.46. The molecule has 0 radical (unpaired) electrons. The predicted octanol–water partition coefficient (Wildman–Crippen LogP) is 5.15. The number of rotatable bonds is 7. The van der Waals surface area contributed by atoms with Gasteiger partial charge in [-0.25, -0.2) is 4.79 Å². The highest BCUT2D eigenvalue weighted by atomic mass is 16.5. The summed E-state index contributed by atoms with van der Waals surface area (Å²) >= 11 is 0. The van der Waals surface area contributed by atoms with Crippen molar-refractivity contribution in [1.29, 1.82) is 0 Å². The monoisotopic (exact) mass is 555 g/mol. The van der Waals surface area contributed by atoms with Gasteiger partial charge in [0.1, 0.15) is 11.5 Å². The van der Waals surface area contributed by atoms with Crippen LogP contribution < -0.4 is 15.5 Å². The Labute approximate surface area is 238 Å². The maximum absolute atomic E-state index is 13.5. The summed E-state index contributed by atoms with van der Waals surface area (Å²) in [5.41, 5.74) is 5.06. The van der Waals surface area contributed by atoms with E-state index >= 15 is 0 Å². The van der Waals surface area contributed by atoms with E-state index in [-0.39, 0.29) is 17.7 Å². The average Bonchev–Trinajstić information content (AvgIpc) is 3.50. The Bertz CT molecular complexity index is 1580. The molecule has 212 valence electrons. The quantitative estimate of drug-likeness (QED) is 0.237. The van der Waals surface area contributed by atoms with Crippen LogP contribution >= 0.6 is 0 Å². The number of aryl methyl sites for hydroxylation is 2. The second-order valence-corrected chi connectivity index (χ2v) is 10.1. The zero-order valence-electron chi connectivity index (χ0n) is 24.0. The van der Waals surface area contributed by atoms with E-state index in [9.17, 15) is 19.2 Å². The number of allylic oxidation sites excluding steroid dienone is 1. The van der Waals surface area contributed by atoms with Crippen LogP contribution in [0.3, 0.4) is 0 Å². The summed E-state index contributed by atoms with van der Waals surface area (Å²) in [6.45, 7) is 9.68. The van der Waals surface area contributed by atoms with Gasteiger partial charge in [0.25, 0.3) is 5.91 Å². The Morgan fingerprint density at radius 3 is 2.29 bits per heavy atom. The van der Waals surface area contributed by atoms with Gasteiger partial charge in [-0.1, -0.05) is 32.0 Å². The van der Waals surface area contributed by atoms with Crippen LogP contribution in [0.15, 0.2) is 75.9 Å². The average molecular weight is 556 g/mol. The predicted molar refractivity (Wildman–Crippen MR) is 156 cm³/mol. The van der Waals surface area contributed by atoms with Crippen LogP contribution in [0.25, 0.3) is 6.08 Å². The second-order valence-electron chi connectivity index (χ2n) is 10.1. The highest BCUT2D eigenvalue weighted by Crippen LogP contribution is 2.36. The molecule has 2 aromatic carbocycles. The Hall–Kier alpha value is -4.92. The van der Waals surface area contributed by atoms with Gasteiger partial charge in [0.05, 0.1) is 24.8 Å². The summed E-state index contributed by atoms with van der Waals surface area (Å²) in [6, 6.07) is 16.2. The molecule has 2 heterocycles. The van der Waals surface area contributed by atoms with E-state index in [0.29, 0.717) is 34.5 Å². The van der Waals surface area contributed by atoms with Crippen molar-refractivity contribution < 1.29 is 28.3 Å². The van der Waals surface area contributed by atoms with E-state index in [4.69, 9.17) is 9.15 Å². The lowest BCUT2D eigenvalue weighted by Crippen LogP contribution is -2.34. The summed E-state index contributed by atoms with van der Waals surface area (Å²) < 4.78 is 10.8. The van der Waals surface area contributed by atoms with Crippen molar-refractivity contribution in [2.45, 2.75) is 47.1 Å². The minimum atomic E-state index is -0.823. The molecule has 0 atom stereocenters. The van der Waals surface area contributed by atoms with Crippen LogP contribution in [0.2, 0.25) is 0 Å². The Morgan fingerprint density at radius 2 is 1.66 bits per heavy atom. The number of nitrogens with zero attached hydrogens (tertiary/aromatic N) is 1. The van der Waals surface area contributed by atoms with Crippen LogP contribution in [-0.4, -0.2) is 30.8 Å². The Morgan fingerprint density at radius 1 is 0.951 bits per heavy atom. The van der Waals surface area contributed by atoms with Crippen molar-refractivity contribution in [3.05, 3.63) is 99.7 Å². The molecule has 0 aliphatic carbocycles. The molecule has 0 spiro atoms. The van der Waals surface area contributed by atoms with E-state index < -0.39 is 23.7 Å². The first-order chi connectivity index (χ1) is 19.5. The molecular formula is C32H33N3O6. The standard InChI is InChI=1S/C32H33N3O6/c1-18(2)22-8-11-24(12-9-22)35-21(5)28(32(39)40-6)27(31(35)38)16-25-13-14-26(41-25)17-33-29(36)30(37)34-23-10-7-19(3)20(4)15-23/h7-16,18H,17H2,1-6H3,(H,33,36)(H,34,37)/b27-16+. The van der Waals surface area contributed by atoms with Crippen molar-refractivity contribution in [2.24, 2.45) is 0 Å². The molecule has 0 fully saturated rings. The van der Waals surface area contributed by atoms with Crippen LogP contribution in [-0.2, 0) is 30.5 Å². The first-order valence-corrected chi connectivity index (χ1v) is 13.2. The minimum absolute atomic E-state index is 0.0522. The zero-order valence-corrected chi connectivity index (χ0v) is 24.0. The third-order valence-electron chi connectivity index (χ3n) is 6.97. The molecule has 1 aliphatic heterocycles. The number of benzene rings is 2.